The van der Waals surface area contributed by atoms with E-state index in [1.807, 2.05) is 6.92 Å². The number of aromatic nitrogens is 1. The first-order valence-corrected chi connectivity index (χ1v) is 3.94. The third-order valence-corrected chi connectivity index (χ3v) is 1.85. The molecular weight excluding hydrogens is 183 g/mol. The number of hydrogen-bond acceptors (Lipinski definition) is 2. The van der Waals surface area contributed by atoms with Crippen LogP contribution in [0.1, 0.15) is 18.5 Å². The number of halogens is 2. The van der Waals surface area contributed by atoms with Crippen molar-refractivity contribution in [1.82, 2.24) is 4.98 Å². The van der Waals surface area contributed by atoms with Crippen LogP contribution in [0.4, 0.5) is 0 Å². The molecule has 2 nitrogen and oxygen atoms in total. The molecule has 0 fully saturated rings. The molecule has 0 unspecified atom stereocenters. The van der Waals surface area contributed by atoms with E-state index in [9.17, 15) is 0 Å². The molecule has 0 radical (unpaired) electrons. The molecule has 0 aromatic carbocycles. The topological polar surface area (TPSA) is 38.9 Å². The summed E-state index contributed by atoms with van der Waals surface area (Å²) in [5.74, 6) is 0. The fraction of sp³-hybridized carbons (Fsp3) is 0.286. The maximum Gasteiger partial charge on any atom is 0.135 e. The van der Waals surface area contributed by atoms with E-state index in [1.54, 1.807) is 12.1 Å². The van der Waals surface area contributed by atoms with Crippen LogP contribution in [0, 0.1) is 0 Å². The quantitative estimate of drug-likeness (QED) is 0.692. The third kappa shape index (κ3) is 2.06. The lowest BCUT2D eigenvalue weighted by atomic mass is 10.2. The highest BCUT2D eigenvalue weighted by Crippen LogP contribution is 2.20. The minimum atomic E-state index is -0.104. The molecular formula is C7H8Cl2N2. The molecule has 1 aromatic rings. The van der Waals surface area contributed by atoms with Crippen LogP contribution >= 0.6 is 23.2 Å². The van der Waals surface area contributed by atoms with Gasteiger partial charge in [-0.25, -0.2) is 4.98 Å². The van der Waals surface area contributed by atoms with Crippen LogP contribution in [0.15, 0.2) is 12.1 Å². The molecule has 0 saturated carbocycles. The lowest BCUT2D eigenvalue weighted by Crippen LogP contribution is -2.06. The van der Waals surface area contributed by atoms with Crippen LogP contribution < -0.4 is 5.73 Å². The van der Waals surface area contributed by atoms with Gasteiger partial charge >= 0.3 is 0 Å². The average Bonchev–Trinajstić information content (AvgIpc) is 1.85. The van der Waals surface area contributed by atoms with Gasteiger partial charge in [-0.2, -0.15) is 0 Å². The standard InChI is InChI=1S/C7H8Cl2N2/c1-4(10)5-2-3-6(8)11-7(5)9/h2-4H,10H2,1H3/t4-/m1/s1. The summed E-state index contributed by atoms with van der Waals surface area (Å²) in [6.07, 6.45) is 0. The highest BCUT2D eigenvalue weighted by molar-refractivity contribution is 6.32. The molecule has 1 rings (SSSR count). The minimum Gasteiger partial charge on any atom is -0.324 e. The monoisotopic (exact) mass is 190 g/mol. The van der Waals surface area contributed by atoms with Gasteiger partial charge in [-0.05, 0) is 13.0 Å². The maximum absolute atomic E-state index is 5.75. The van der Waals surface area contributed by atoms with Gasteiger partial charge in [-0.15, -0.1) is 0 Å². The van der Waals surface area contributed by atoms with E-state index < -0.39 is 0 Å². The van der Waals surface area contributed by atoms with Gasteiger partial charge in [0.2, 0.25) is 0 Å². The van der Waals surface area contributed by atoms with Crippen LogP contribution in [0.5, 0.6) is 0 Å². The van der Waals surface area contributed by atoms with Gasteiger partial charge < -0.3 is 5.73 Å². The van der Waals surface area contributed by atoms with E-state index in [4.69, 9.17) is 28.9 Å². The smallest absolute Gasteiger partial charge is 0.135 e. The summed E-state index contributed by atoms with van der Waals surface area (Å²) in [5, 5.41) is 0.770. The highest BCUT2D eigenvalue weighted by Gasteiger charge is 2.05. The van der Waals surface area contributed by atoms with E-state index in [2.05, 4.69) is 4.98 Å². The Morgan fingerprint density at radius 2 is 2.09 bits per heavy atom. The van der Waals surface area contributed by atoms with Crippen molar-refractivity contribution in [3.8, 4) is 0 Å². The Morgan fingerprint density at radius 1 is 1.45 bits per heavy atom. The predicted octanol–water partition coefficient (Wildman–Crippen LogP) is 2.41. The van der Waals surface area contributed by atoms with Crippen molar-refractivity contribution in [3.05, 3.63) is 28.0 Å². The molecule has 0 bridgehead atoms. The van der Waals surface area contributed by atoms with Crippen molar-refractivity contribution in [3.63, 3.8) is 0 Å². The van der Waals surface area contributed by atoms with Crippen LogP contribution in [0.3, 0.4) is 0 Å². The molecule has 0 aliphatic rings. The van der Waals surface area contributed by atoms with Crippen molar-refractivity contribution >= 4 is 23.2 Å². The molecule has 11 heavy (non-hydrogen) atoms. The zero-order chi connectivity index (χ0) is 8.43. The van der Waals surface area contributed by atoms with Gasteiger partial charge in [0, 0.05) is 11.6 Å². The highest BCUT2D eigenvalue weighted by atomic mass is 35.5. The summed E-state index contributed by atoms with van der Waals surface area (Å²) >= 11 is 11.3. The van der Waals surface area contributed by atoms with Crippen LogP contribution in [0.25, 0.3) is 0 Å². The number of nitrogens with two attached hydrogens (primary N) is 1. The summed E-state index contributed by atoms with van der Waals surface area (Å²) in [6, 6.07) is 3.35. The Balaban J connectivity index is 3.09. The van der Waals surface area contributed by atoms with Crippen LogP contribution in [-0.2, 0) is 0 Å². The third-order valence-electron chi connectivity index (χ3n) is 1.33. The first-order chi connectivity index (χ1) is 5.11. The molecule has 0 saturated heterocycles. The first-order valence-electron chi connectivity index (χ1n) is 3.19. The van der Waals surface area contributed by atoms with Crippen molar-refractivity contribution in [2.75, 3.05) is 0 Å². The lowest BCUT2D eigenvalue weighted by molar-refractivity contribution is 0.812. The molecule has 0 spiro atoms. The summed E-state index contributed by atoms with van der Waals surface area (Å²) in [6.45, 7) is 1.84. The second kappa shape index (κ2) is 3.39. The Morgan fingerprint density at radius 3 is 2.55 bits per heavy atom. The second-order valence-corrected chi connectivity index (χ2v) is 3.05. The lowest BCUT2D eigenvalue weighted by Gasteiger charge is -2.06. The van der Waals surface area contributed by atoms with E-state index in [-0.39, 0.29) is 6.04 Å². The zero-order valence-corrected chi connectivity index (χ0v) is 7.52. The molecule has 4 heteroatoms. The second-order valence-electron chi connectivity index (χ2n) is 2.30. The number of pyridine rings is 1. The molecule has 0 aliphatic carbocycles. The summed E-state index contributed by atoms with van der Waals surface area (Å²) in [7, 11) is 0. The van der Waals surface area contributed by atoms with E-state index >= 15 is 0 Å². The molecule has 0 aliphatic heterocycles. The van der Waals surface area contributed by atoms with Gasteiger partial charge in [-0.3, -0.25) is 0 Å². The molecule has 1 atom stereocenters. The van der Waals surface area contributed by atoms with Gasteiger partial charge in [0.05, 0.1) is 0 Å². The van der Waals surface area contributed by atoms with Crippen LogP contribution in [0.2, 0.25) is 10.3 Å². The first kappa shape index (κ1) is 8.78. The molecule has 1 aromatic heterocycles. The Hall–Kier alpha value is -0.310. The Kier molecular flexibility index (Phi) is 2.71. The van der Waals surface area contributed by atoms with Crippen LogP contribution in [-0.4, -0.2) is 4.98 Å². The largest absolute Gasteiger partial charge is 0.324 e. The normalized spacial score (nSPS) is 13.1. The van der Waals surface area contributed by atoms with Gasteiger partial charge in [0.1, 0.15) is 10.3 Å². The Labute approximate surface area is 75.3 Å². The number of nitrogens with zero attached hydrogens (tertiary/aromatic N) is 1. The molecule has 2 N–H and O–H groups in total. The molecule has 60 valence electrons. The number of hydrogen-bond donors (Lipinski definition) is 1. The zero-order valence-electron chi connectivity index (χ0n) is 6.01. The van der Waals surface area contributed by atoms with Gasteiger partial charge in [-0.1, -0.05) is 29.3 Å². The molecule has 0 amide bonds. The Bertz CT molecular complexity index is 261. The van der Waals surface area contributed by atoms with E-state index in [0.29, 0.717) is 10.3 Å². The molecule has 1 heterocycles. The minimum absolute atomic E-state index is 0.104. The van der Waals surface area contributed by atoms with E-state index in [1.165, 1.54) is 0 Å². The average molecular weight is 191 g/mol. The van der Waals surface area contributed by atoms with Crippen molar-refractivity contribution in [1.29, 1.82) is 0 Å². The van der Waals surface area contributed by atoms with Gasteiger partial charge in [0.25, 0.3) is 0 Å². The fourth-order valence-electron chi connectivity index (χ4n) is 0.763. The fourth-order valence-corrected chi connectivity index (χ4v) is 1.28. The van der Waals surface area contributed by atoms with Crippen molar-refractivity contribution in [2.24, 2.45) is 5.73 Å². The summed E-state index contributed by atoms with van der Waals surface area (Å²) in [5.41, 5.74) is 6.41. The number of rotatable bonds is 1. The van der Waals surface area contributed by atoms with Gasteiger partial charge in [0.15, 0.2) is 0 Å². The maximum atomic E-state index is 5.75. The predicted molar refractivity (Wildman–Crippen MR) is 46.9 cm³/mol. The van der Waals surface area contributed by atoms with Crippen molar-refractivity contribution < 1.29 is 0 Å². The van der Waals surface area contributed by atoms with E-state index in [0.717, 1.165) is 5.56 Å². The summed E-state index contributed by atoms with van der Waals surface area (Å²) in [4.78, 5) is 3.85. The summed E-state index contributed by atoms with van der Waals surface area (Å²) < 4.78 is 0. The van der Waals surface area contributed by atoms with Crippen molar-refractivity contribution in [2.45, 2.75) is 13.0 Å². The SMILES string of the molecule is C[C@@H](N)c1ccc(Cl)nc1Cl.